The molecule has 1 unspecified atom stereocenters. The van der Waals surface area contributed by atoms with Crippen LogP contribution in [0.3, 0.4) is 0 Å². The van der Waals surface area contributed by atoms with E-state index in [0.29, 0.717) is 6.42 Å². The number of carbonyl (C=O) groups is 3. The third kappa shape index (κ3) is 6.81. The molecule has 0 radical (unpaired) electrons. The topological polar surface area (TPSA) is 111 Å². The van der Waals surface area contributed by atoms with E-state index in [1.54, 1.807) is 21.0 Å². The first-order valence-corrected chi connectivity index (χ1v) is 6.51. The van der Waals surface area contributed by atoms with Crippen LogP contribution in [-0.2, 0) is 4.79 Å². The Hall–Kier alpha value is -1.99. The molecule has 0 aliphatic heterocycles. The first-order valence-electron chi connectivity index (χ1n) is 6.51. The van der Waals surface area contributed by atoms with E-state index in [-0.39, 0.29) is 25.0 Å². The summed E-state index contributed by atoms with van der Waals surface area (Å²) in [4.78, 5) is 35.1. The quantitative estimate of drug-likeness (QED) is 0.496. The van der Waals surface area contributed by atoms with Gasteiger partial charge in [-0.25, -0.2) is 14.4 Å². The minimum absolute atomic E-state index is 0.160. The Morgan fingerprint density at radius 1 is 1.15 bits per heavy atom. The van der Waals surface area contributed by atoms with E-state index in [4.69, 9.17) is 5.11 Å². The predicted octanol–water partition coefficient (Wildman–Crippen LogP) is 0.0561. The number of carboxylic acid groups (broad SMARTS) is 1. The molecular weight excluding hydrogens is 264 g/mol. The lowest BCUT2D eigenvalue weighted by Crippen LogP contribution is -2.50. The molecule has 0 saturated heterocycles. The summed E-state index contributed by atoms with van der Waals surface area (Å²) < 4.78 is 0. The number of carbonyl (C=O) groups excluding carboxylic acids is 2. The second kappa shape index (κ2) is 9.00. The number of nitrogens with zero attached hydrogens (tertiary/aromatic N) is 1. The van der Waals surface area contributed by atoms with E-state index >= 15 is 0 Å². The third-order valence-corrected chi connectivity index (χ3v) is 2.86. The summed E-state index contributed by atoms with van der Waals surface area (Å²) in [6, 6.07) is -1.73. The van der Waals surface area contributed by atoms with Gasteiger partial charge in [-0.1, -0.05) is 20.3 Å². The van der Waals surface area contributed by atoms with Crippen molar-refractivity contribution in [1.82, 2.24) is 20.9 Å². The van der Waals surface area contributed by atoms with Gasteiger partial charge in [0.05, 0.1) is 0 Å². The van der Waals surface area contributed by atoms with Crippen molar-refractivity contribution in [2.24, 2.45) is 5.92 Å². The molecule has 0 bridgehead atoms. The zero-order valence-electron chi connectivity index (χ0n) is 12.4. The normalized spacial score (nSPS) is 13.0. The van der Waals surface area contributed by atoms with Crippen LogP contribution in [0.5, 0.6) is 0 Å². The number of amides is 4. The third-order valence-electron chi connectivity index (χ3n) is 2.86. The lowest BCUT2D eigenvalue weighted by Gasteiger charge is -2.20. The molecule has 0 aromatic rings. The van der Waals surface area contributed by atoms with Crippen LogP contribution in [0, 0.1) is 5.92 Å². The molecule has 2 atom stereocenters. The van der Waals surface area contributed by atoms with E-state index in [0.717, 1.165) is 0 Å². The highest BCUT2D eigenvalue weighted by atomic mass is 16.4. The molecule has 0 heterocycles. The van der Waals surface area contributed by atoms with Gasteiger partial charge >= 0.3 is 18.0 Å². The average molecular weight is 288 g/mol. The van der Waals surface area contributed by atoms with Crippen LogP contribution in [0.2, 0.25) is 0 Å². The molecule has 4 N–H and O–H groups in total. The molecule has 20 heavy (non-hydrogen) atoms. The maximum Gasteiger partial charge on any atom is 0.326 e. The van der Waals surface area contributed by atoms with Gasteiger partial charge in [-0.2, -0.15) is 0 Å². The highest BCUT2D eigenvalue weighted by Gasteiger charge is 2.24. The Morgan fingerprint density at radius 2 is 1.70 bits per heavy atom. The van der Waals surface area contributed by atoms with Crippen molar-refractivity contribution in [2.75, 3.05) is 27.2 Å². The van der Waals surface area contributed by atoms with Crippen molar-refractivity contribution < 1.29 is 19.5 Å². The maximum atomic E-state index is 11.5. The van der Waals surface area contributed by atoms with Crippen molar-refractivity contribution in [3.63, 3.8) is 0 Å². The number of nitrogens with one attached hydrogen (secondary N) is 3. The smallest absolute Gasteiger partial charge is 0.326 e. The van der Waals surface area contributed by atoms with Crippen molar-refractivity contribution in [3.05, 3.63) is 0 Å². The highest BCUT2D eigenvalue weighted by molar-refractivity contribution is 5.82. The van der Waals surface area contributed by atoms with Gasteiger partial charge in [0.2, 0.25) is 0 Å². The molecule has 0 aliphatic carbocycles. The zero-order valence-corrected chi connectivity index (χ0v) is 12.4. The lowest BCUT2D eigenvalue weighted by molar-refractivity contribution is -0.140. The summed E-state index contributed by atoms with van der Waals surface area (Å²) in [5.74, 6) is -1.22. The number of rotatable bonds is 7. The molecule has 0 aromatic heterocycles. The second-order valence-electron chi connectivity index (χ2n) is 4.73. The Morgan fingerprint density at radius 3 is 2.15 bits per heavy atom. The Kier molecular flexibility index (Phi) is 8.10. The molecule has 0 fully saturated rings. The van der Waals surface area contributed by atoms with E-state index in [9.17, 15) is 14.4 Å². The van der Waals surface area contributed by atoms with Crippen molar-refractivity contribution >= 4 is 18.0 Å². The summed E-state index contributed by atoms with van der Waals surface area (Å²) in [7, 11) is 3.22. The summed E-state index contributed by atoms with van der Waals surface area (Å²) in [5, 5.41) is 16.5. The predicted molar refractivity (Wildman–Crippen MR) is 74.5 cm³/mol. The molecule has 8 heteroatoms. The van der Waals surface area contributed by atoms with E-state index < -0.39 is 18.0 Å². The second-order valence-corrected chi connectivity index (χ2v) is 4.73. The van der Waals surface area contributed by atoms with Gasteiger partial charge in [-0.3, -0.25) is 0 Å². The Balaban J connectivity index is 4.03. The van der Waals surface area contributed by atoms with Crippen molar-refractivity contribution in [3.8, 4) is 0 Å². The Labute approximate surface area is 118 Å². The number of urea groups is 2. The summed E-state index contributed by atoms with van der Waals surface area (Å²) in [6.45, 7) is 4.11. The van der Waals surface area contributed by atoms with Gasteiger partial charge < -0.3 is 26.0 Å². The summed E-state index contributed by atoms with van der Waals surface area (Å²) >= 11 is 0. The fourth-order valence-electron chi connectivity index (χ4n) is 1.38. The molecule has 0 saturated carbocycles. The zero-order chi connectivity index (χ0) is 15.7. The maximum absolute atomic E-state index is 11.5. The first kappa shape index (κ1) is 18.0. The minimum Gasteiger partial charge on any atom is -0.480 e. The Bertz CT molecular complexity index is 346. The largest absolute Gasteiger partial charge is 0.480 e. The molecule has 0 spiro atoms. The molecule has 116 valence electrons. The van der Waals surface area contributed by atoms with Gasteiger partial charge in [0.25, 0.3) is 0 Å². The van der Waals surface area contributed by atoms with Crippen LogP contribution in [0.1, 0.15) is 20.3 Å². The molecule has 4 amide bonds. The van der Waals surface area contributed by atoms with Gasteiger partial charge in [-0.15, -0.1) is 0 Å². The lowest BCUT2D eigenvalue weighted by atomic mass is 9.99. The number of carboxylic acids is 1. The van der Waals surface area contributed by atoms with E-state index in [1.807, 2.05) is 6.92 Å². The average Bonchev–Trinajstić information content (AvgIpc) is 2.39. The van der Waals surface area contributed by atoms with E-state index in [1.165, 1.54) is 4.90 Å². The highest BCUT2D eigenvalue weighted by Crippen LogP contribution is 2.07. The number of aliphatic carboxylic acids is 1. The SMILES string of the molecule is CCC(C)[C@H](NC(=O)NCCNC(=O)N(C)C)C(=O)O. The van der Waals surface area contributed by atoms with Crippen LogP contribution < -0.4 is 16.0 Å². The monoisotopic (exact) mass is 288 g/mol. The molecule has 0 aliphatic rings. The molecular formula is C12H24N4O4. The number of hydrogen-bond donors (Lipinski definition) is 4. The molecule has 0 aromatic carbocycles. The van der Waals surface area contributed by atoms with Crippen molar-refractivity contribution in [2.45, 2.75) is 26.3 Å². The van der Waals surface area contributed by atoms with E-state index in [2.05, 4.69) is 16.0 Å². The summed E-state index contributed by atoms with van der Waals surface area (Å²) in [6.07, 6.45) is 0.649. The minimum atomic E-state index is -1.06. The van der Waals surface area contributed by atoms with Gasteiger partial charge in [0.15, 0.2) is 0 Å². The summed E-state index contributed by atoms with van der Waals surface area (Å²) in [5.41, 5.74) is 0. The first-order chi connectivity index (χ1) is 9.29. The van der Waals surface area contributed by atoms with Gasteiger partial charge in [-0.05, 0) is 5.92 Å². The fraction of sp³-hybridized carbons (Fsp3) is 0.750. The fourth-order valence-corrected chi connectivity index (χ4v) is 1.38. The van der Waals surface area contributed by atoms with Gasteiger partial charge in [0, 0.05) is 27.2 Å². The molecule has 8 nitrogen and oxygen atoms in total. The van der Waals surface area contributed by atoms with Crippen LogP contribution in [0.4, 0.5) is 9.59 Å². The van der Waals surface area contributed by atoms with Crippen LogP contribution >= 0.6 is 0 Å². The van der Waals surface area contributed by atoms with Crippen LogP contribution in [0.25, 0.3) is 0 Å². The van der Waals surface area contributed by atoms with Crippen LogP contribution in [0.15, 0.2) is 0 Å². The standard InChI is InChI=1S/C12H24N4O4/c1-5-8(2)9(10(17)18)15-11(19)13-6-7-14-12(20)16(3)4/h8-9H,5-7H2,1-4H3,(H,14,20)(H,17,18)(H2,13,15,19)/t8?,9-/m0/s1. The van der Waals surface area contributed by atoms with Crippen LogP contribution in [-0.4, -0.2) is 61.3 Å². The molecule has 0 rings (SSSR count). The van der Waals surface area contributed by atoms with Crippen molar-refractivity contribution in [1.29, 1.82) is 0 Å². The van der Waals surface area contributed by atoms with Gasteiger partial charge in [0.1, 0.15) is 6.04 Å². The number of hydrogen-bond acceptors (Lipinski definition) is 3.